The lowest BCUT2D eigenvalue weighted by molar-refractivity contribution is -0.0790. The Kier molecular flexibility index (Phi) is 7.74. The number of carbonyl (C=O) groups is 1. The van der Waals surface area contributed by atoms with Crippen molar-refractivity contribution in [2.45, 2.75) is 37.9 Å². The van der Waals surface area contributed by atoms with E-state index in [1.165, 1.54) is 12.1 Å². The molecule has 1 aromatic carbocycles. The zero-order valence-corrected chi connectivity index (χ0v) is 18.3. The third-order valence-electron chi connectivity index (χ3n) is 5.82. The highest BCUT2D eigenvalue weighted by atomic mass is 19.1. The molecule has 2 N–H and O–H groups in total. The van der Waals surface area contributed by atoms with Gasteiger partial charge >= 0.3 is 6.09 Å². The minimum absolute atomic E-state index is 0.0103. The minimum Gasteiger partial charge on any atom is -0.490 e. The van der Waals surface area contributed by atoms with Crippen LogP contribution in [0.15, 0.2) is 18.2 Å². The van der Waals surface area contributed by atoms with Crippen LogP contribution >= 0.6 is 0 Å². The lowest BCUT2D eigenvalue weighted by Gasteiger charge is -2.41. The number of benzene rings is 1. The van der Waals surface area contributed by atoms with E-state index < -0.39 is 11.2 Å². The maximum atomic E-state index is 13.5. The molecule has 8 nitrogen and oxygen atoms in total. The Morgan fingerprint density at radius 1 is 1.23 bits per heavy atom. The average Bonchev–Trinajstić information content (AvgIpc) is 2.90. The van der Waals surface area contributed by atoms with Gasteiger partial charge in [0, 0.05) is 32.7 Å². The van der Waals surface area contributed by atoms with Gasteiger partial charge in [-0.3, -0.25) is 4.90 Å². The largest absolute Gasteiger partial charge is 0.490 e. The van der Waals surface area contributed by atoms with Crippen LogP contribution in [0.4, 0.5) is 9.18 Å². The van der Waals surface area contributed by atoms with Crippen molar-refractivity contribution in [1.82, 2.24) is 9.80 Å². The van der Waals surface area contributed by atoms with Crippen LogP contribution < -0.4 is 4.74 Å². The van der Waals surface area contributed by atoms with Crippen LogP contribution in [-0.2, 0) is 9.47 Å². The van der Waals surface area contributed by atoms with Crippen molar-refractivity contribution in [3.8, 4) is 5.75 Å². The summed E-state index contributed by atoms with van der Waals surface area (Å²) in [4.78, 5) is 15.5. The first kappa shape index (κ1) is 23.7. The van der Waals surface area contributed by atoms with Crippen LogP contribution in [0.5, 0.6) is 5.75 Å². The topological polar surface area (TPSA) is 91.7 Å². The summed E-state index contributed by atoms with van der Waals surface area (Å²) in [5.74, 6) is 0.172. The van der Waals surface area contributed by atoms with Crippen LogP contribution in [0.25, 0.3) is 0 Å². The first-order chi connectivity index (χ1) is 14.7. The lowest BCUT2D eigenvalue weighted by atomic mass is 9.90. The minimum atomic E-state index is -1.26. The summed E-state index contributed by atoms with van der Waals surface area (Å²) in [7, 11) is 0. The summed E-state index contributed by atoms with van der Waals surface area (Å²) in [6.07, 6.45) is 0.523. The molecule has 0 bridgehead atoms. The number of ether oxygens (including phenoxy) is 3. The molecule has 3 rings (SSSR count). The van der Waals surface area contributed by atoms with Gasteiger partial charge in [-0.25, -0.2) is 9.18 Å². The fraction of sp³-hybridized carbons (Fsp3) is 0.682. The Hall–Kier alpha value is -1.94. The van der Waals surface area contributed by atoms with Crippen molar-refractivity contribution >= 4 is 6.09 Å². The van der Waals surface area contributed by atoms with Crippen molar-refractivity contribution in [3.63, 3.8) is 0 Å². The van der Waals surface area contributed by atoms with Crippen LogP contribution in [0.1, 0.15) is 25.3 Å². The Balaban J connectivity index is 1.55. The van der Waals surface area contributed by atoms with E-state index in [1.807, 2.05) is 4.90 Å². The average molecular weight is 441 g/mol. The number of nitrogens with zero attached hydrogens (tertiary/aromatic N) is 2. The maximum absolute atomic E-state index is 13.5. The third-order valence-corrected chi connectivity index (χ3v) is 5.82. The van der Waals surface area contributed by atoms with Crippen molar-refractivity contribution < 1.29 is 33.6 Å². The van der Waals surface area contributed by atoms with Gasteiger partial charge < -0.3 is 29.3 Å². The molecule has 2 heterocycles. The normalized spacial score (nSPS) is 24.5. The first-order valence-electron chi connectivity index (χ1n) is 10.8. The quantitative estimate of drug-likeness (QED) is 0.694. The Morgan fingerprint density at radius 2 is 1.97 bits per heavy atom. The van der Waals surface area contributed by atoms with E-state index in [2.05, 4.69) is 0 Å². The predicted molar refractivity (Wildman–Crippen MR) is 112 cm³/mol. The van der Waals surface area contributed by atoms with Gasteiger partial charge in [-0.05, 0) is 50.5 Å². The fourth-order valence-electron chi connectivity index (χ4n) is 4.04. The van der Waals surface area contributed by atoms with E-state index in [4.69, 9.17) is 14.2 Å². The summed E-state index contributed by atoms with van der Waals surface area (Å²) in [6.45, 7) is 6.35. The molecule has 0 radical (unpaired) electrons. The molecule has 1 atom stereocenters. The SMILES string of the molecule is CCOC(=O)N1CCC(O)(CN2CCOC[C@@](O)(COc3ccc(F)c(C)c3)C2)CC1. The Bertz CT molecular complexity index is 756. The van der Waals surface area contributed by atoms with Gasteiger partial charge in [0.25, 0.3) is 0 Å². The number of aryl methyl sites for hydroxylation is 1. The second kappa shape index (κ2) is 10.1. The van der Waals surface area contributed by atoms with Gasteiger partial charge in [0.2, 0.25) is 0 Å². The van der Waals surface area contributed by atoms with E-state index in [0.717, 1.165) is 0 Å². The van der Waals surface area contributed by atoms with Crippen LogP contribution in [0, 0.1) is 12.7 Å². The van der Waals surface area contributed by atoms with Crippen LogP contribution in [0.2, 0.25) is 0 Å². The molecule has 1 amide bonds. The fourth-order valence-corrected chi connectivity index (χ4v) is 4.04. The monoisotopic (exact) mass is 440 g/mol. The van der Waals surface area contributed by atoms with Gasteiger partial charge in [0.15, 0.2) is 0 Å². The molecule has 9 heteroatoms. The molecular weight excluding hydrogens is 407 g/mol. The number of hydrogen-bond donors (Lipinski definition) is 2. The Labute approximate surface area is 182 Å². The molecule has 31 heavy (non-hydrogen) atoms. The molecule has 2 aliphatic rings. The summed E-state index contributed by atoms with van der Waals surface area (Å²) in [5.41, 5.74) is -1.75. The second-order valence-electron chi connectivity index (χ2n) is 8.60. The molecular formula is C22H33FN2O6. The number of hydrogen-bond acceptors (Lipinski definition) is 7. The number of piperidine rings is 1. The molecule has 174 valence electrons. The maximum Gasteiger partial charge on any atom is 0.409 e. The van der Waals surface area contributed by atoms with E-state index in [1.54, 1.807) is 24.8 Å². The number of amides is 1. The van der Waals surface area contributed by atoms with Gasteiger partial charge in [-0.2, -0.15) is 0 Å². The highest BCUT2D eigenvalue weighted by molar-refractivity contribution is 5.67. The molecule has 0 spiro atoms. The number of rotatable bonds is 6. The lowest BCUT2D eigenvalue weighted by Crippen LogP contribution is -2.55. The Morgan fingerprint density at radius 3 is 2.65 bits per heavy atom. The predicted octanol–water partition coefficient (Wildman–Crippen LogP) is 1.56. The molecule has 1 aromatic rings. The number of aliphatic hydroxyl groups is 2. The van der Waals surface area contributed by atoms with Gasteiger partial charge in [0.1, 0.15) is 23.8 Å². The molecule has 0 saturated carbocycles. The van der Waals surface area contributed by atoms with Crippen molar-refractivity contribution in [2.24, 2.45) is 0 Å². The standard InChI is InChI=1S/C22H33FN2O6/c1-3-30-20(26)25-8-6-21(27,7-9-25)13-24-10-11-29-15-22(28,14-24)16-31-18-4-5-19(23)17(2)12-18/h4-5,12,27-28H,3,6-11,13-16H2,1-2H3/t22-/m1/s1. The zero-order valence-electron chi connectivity index (χ0n) is 18.3. The number of carbonyl (C=O) groups excluding carboxylic acids is 1. The second-order valence-corrected chi connectivity index (χ2v) is 8.60. The molecule has 2 saturated heterocycles. The van der Waals surface area contributed by atoms with E-state index >= 15 is 0 Å². The molecule has 0 aromatic heterocycles. The van der Waals surface area contributed by atoms with E-state index in [0.29, 0.717) is 63.5 Å². The van der Waals surface area contributed by atoms with Crippen LogP contribution in [-0.4, -0.2) is 96.5 Å². The third kappa shape index (κ3) is 6.52. The number of likely N-dealkylation sites (tertiary alicyclic amines) is 1. The summed E-state index contributed by atoms with van der Waals surface area (Å²) in [6, 6.07) is 4.46. The van der Waals surface area contributed by atoms with E-state index in [9.17, 15) is 19.4 Å². The van der Waals surface area contributed by atoms with Crippen molar-refractivity contribution in [1.29, 1.82) is 0 Å². The summed E-state index contributed by atoms with van der Waals surface area (Å²) in [5, 5.41) is 22.1. The highest BCUT2D eigenvalue weighted by Gasteiger charge is 2.39. The van der Waals surface area contributed by atoms with Gasteiger partial charge in [-0.15, -0.1) is 0 Å². The summed E-state index contributed by atoms with van der Waals surface area (Å²) >= 11 is 0. The number of halogens is 1. The van der Waals surface area contributed by atoms with Crippen molar-refractivity contribution in [2.75, 3.05) is 59.2 Å². The first-order valence-corrected chi connectivity index (χ1v) is 10.8. The molecule has 0 aliphatic carbocycles. The molecule has 0 unspecified atom stereocenters. The van der Waals surface area contributed by atoms with Gasteiger partial charge in [-0.1, -0.05) is 0 Å². The van der Waals surface area contributed by atoms with E-state index in [-0.39, 0.29) is 31.7 Å². The van der Waals surface area contributed by atoms with Crippen LogP contribution in [0.3, 0.4) is 0 Å². The smallest absolute Gasteiger partial charge is 0.409 e. The number of β-amino-alcohol motifs (C(OH)–C–C–N with tert-alkyl or cyclic N) is 2. The summed E-state index contributed by atoms with van der Waals surface area (Å²) < 4.78 is 29.8. The van der Waals surface area contributed by atoms with Gasteiger partial charge in [0.05, 0.1) is 25.4 Å². The highest BCUT2D eigenvalue weighted by Crippen LogP contribution is 2.26. The molecule has 2 aliphatic heterocycles. The molecule has 2 fully saturated rings. The van der Waals surface area contributed by atoms with Crippen molar-refractivity contribution in [3.05, 3.63) is 29.6 Å². The zero-order chi connectivity index (χ0) is 22.5.